The van der Waals surface area contributed by atoms with E-state index in [0.717, 1.165) is 37.9 Å². The van der Waals surface area contributed by atoms with Crippen LogP contribution in [0.2, 0.25) is 0 Å². The van der Waals surface area contributed by atoms with E-state index in [1.54, 1.807) is 0 Å². The fraction of sp³-hybridized carbons (Fsp3) is 0.750. The number of hydrogen-bond donors (Lipinski definition) is 1. The molecule has 1 aromatic heterocycles. The van der Waals surface area contributed by atoms with Crippen LogP contribution in [0.4, 0.5) is 0 Å². The zero-order valence-corrected chi connectivity index (χ0v) is 13.5. The minimum atomic E-state index is -0.213. The highest BCUT2D eigenvalue weighted by Gasteiger charge is 2.16. The van der Waals surface area contributed by atoms with Crippen molar-refractivity contribution in [2.45, 2.75) is 72.9 Å². The molecule has 1 atom stereocenters. The molecule has 0 aliphatic heterocycles. The maximum atomic E-state index is 9.00. The molecule has 0 aliphatic rings. The number of rotatable bonds is 7. The summed E-state index contributed by atoms with van der Waals surface area (Å²) >= 11 is 0. The summed E-state index contributed by atoms with van der Waals surface area (Å²) in [4.78, 5) is 0. The van der Waals surface area contributed by atoms with Gasteiger partial charge in [0.1, 0.15) is 0 Å². The van der Waals surface area contributed by atoms with Gasteiger partial charge in [0.2, 0.25) is 0 Å². The van der Waals surface area contributed by atoms with Crippen LogP contribution < -0.4 is 5.73 Å². The highest BCUT2D eigenvalue weighted by atomic mass is 15.3. The average Bonchev–Trinajstić information content (AvgIpc) is 2.62. The van der Waals surface area contributed by atoms with Crippen molar-refractivity contribution in [2.75, 3.05) is 0 Å². The van der Waals surface area contributed by atoms with Gasteiger partial charge < -0.3 is 5.73 Å². The first-order valence-electron chi connectivity index (χ1n) is 7.46. The van der Waals surface area contributed by atoms with Gasteiger partial charge in [-0.1, -0.05) is 6.42 Å². The molecule has 4 nitrogen and oxygen atoms in total. The second kappa shape index (κ2) is 6.90. The van der Waals surface area contributed by atoms with Crippen LogP contribution in [0.15, 0.2) is 0 Å². The number of nitriles is 1. The Balaban J connectivity index is 2.56. The van der Waals surface area contributed by atoms with Gasteiger partial charge in [-0.3, -0.25) is 4.68 Å². The van der Waals surface area contributed by atoms with Crippen molar-refractivity contribution in [3.05, 3.63) is 17.0 Å². The number of unbranched alkanes of at least 4 members (excludes halogenated alkanes) is 1. The molecule has 1 heterocycles. The summed E-state index contributed by atoms with van der Waals surface area (Å²) in [5, 5.41) is 13.6. The summed E-state index contributed by atoms with van der Waals surface area (Å²) in [6.07, 6.45) is 3.95. The predicted octanol–water partition coefficient (Wildman–Crippen LogP) is 3.11. The van der Waals surface area contributed by atoms with Crippen LogP contribution in [-0.2, 0) is 13.0 Å². The van der Waals surface area contributed by atoms with Gasteiger partial charge in [-0.15, -0.1) is 0 Å². The first-order valence-corrected chi connectivity index (χ1v) is 7.46. The van der Waals surface area contributed by atoms with Crippen LogP contribution >= 0.6 is 0 Å². The summed E-state index contributed by atoms with van der Waals surface area (Å²) in [6.45, 7) is 11.1. The van der Waals surface area contributed by atoms with Crippen molar-refractivity contribution in [1.82, 2.24) is 9.78 Å². The van der Waals surface area contributed by atoms with Gasteiger partial charge in [-0.05, 0) is 59.4 Å². The lowest BCUT2D eigenvalue weighted by atomic mass is 9.89. The topological polar surface area (TPSA) is 67.6 Å². The van der Waals surface area contributed by atoms with Crippen LogP contribution in [0, 0.1) is 30.6 Å². The number of aromatic nitrogens is 2. The Morgan fingerprint density at radius 2 is 2.00 bits per heavy atom. The maximum absolute atomic E-state index is 9.00. The number of nitrogens with two attached hydrogens (primary N) is 1. The molecule has 2 N–H and O–H groups in total. The van der Waals surface area contributed by atoms with Crippen molar-refractivity contribution in [1.29, 1.82) is 5.26 Å². The van der Waals surface area contributed by atoms with E-state index < -0.39 is 0 Å². The van der Waals surface area contributed by atoms with Crippen molar-refractivity contribution in [3.63, 3.8) is 0 Å². The van der Waals surface area contributed by atoms with E-state index in [1.807, 2.05) is 20.8 Å². The molecule has 0 bridgehead atoms. The summed E-state index contributed by atoms with van der Waals surface area (Å²) < 4.78 is 2.09. The van der Waals surface area contributed by atoms with E-state index in [9.17, 15) is 0 Å². The zero-order chi connectivity index (χ0) is 15.3. The lowest BCUT2D eigenvalue weighted by molar-refractivity contribution is 0.410. The predicted molar refractivity (Wildman–Crippen MR) is 82.3 cm³/mol. The van der Waals surface area contributed by atoms with E-state index >= 15 is 0 Å². The summed E-state index contributed by atoms with van der Waals surface area (Å²) in [5.41, 5.74) is 9.29. The first kappa shape index (κ1) is 16.7. The molecule has 0 saturated carbocycles. The standard InChI is InChI=1S/C16H28N4/c1-12(18)10-15-13(2)19-20(14(15)3)9-7-6-8-16(4,5)11-17/h12H,6-10,18H2,1-5H3. The minimum absolute atomic E-state index is 0.168. The lowest BCUT2D eigenvalue weighted by Crippen LogP contribution is -2.18. The van der Waals surface area contributed by atoms with E-state index in [0.29, 0.717) is 0 Å². The Hall–Kier alpha value is -1.34. The summed E-state index contributed by atoms with van der Waals surface area (Å²) in [6, 6.07) is 2.52. The maximum Gasteiger partial charge on any atom is 0.0683 e. The second-order valence-electron chi connectivity index (χ2n) is 6.51. The van der Waals surface area contributed by atoms with Crippen molar-refractivity contribution in [2.24, 2.45) is 11.1 Å². The molecule has 0 saturated heterocycles. The number of aryl methyl sites for hydroxylation is 2. The largest absolute Gasteiger partial charge is 0.328 e. The molecule has 0 aromatic carbocycles. The van der Waals surface area contributed by atoms with Crippen molar-refractivity contribution in [3.8, 4) is 6.07 Å². The molecule has 1 rings (SSSR count). The van der Waals surface area contributed by atoms with Gasteiger partial charge >= 0.3 is 0 Å². The minimum Gasteiger partial charge on any atom is -0.328 e. The molecule has 0 fully saturated rings. The molecule has 1 unspecified atom stereocenters. The Morgan fingerprint density at radius 1 is 1.35 bits per heavy atom. The molecule has 0 spiro atoms. The fourth-order valence-corrected chi connectivity index (χ4v) is 2.45. The number of hydrogen-bond acceptors (Lipinski definition) is 3. The Kier molecular flexibility index (Phi) is 5.76. The molecule has 0 radical (unpaired) electrons. The van der Waals surface area contributed by atoms with E-state index in [-0.39, 0.29) is 11.5 Å². The van der Waals surface area contributed by atoms with Crippen molar-refractivity contribution >= 4 is 0 Å². The van der Waals surface area contributed by atoms with Gasteiger partial charge in [0, 0.05) is 18.3 Å². The van der Waals surface area contributed by atoms with Gasteiger partial charge in [0.05, 0.1) is 17.2 Å². The van der Waals surface area contributed by atoms with Gasteiger partial charge in [-0.25, -0.2) is 0 Å². The van der Waals surface area contributed by atoms with E-state index in [4.69, 9.17) is 11.0 Å². The molecule has 4 heteroatoms. The average molecular weight is 276 g/mol. The normalized spacial score (nSPS) is 13.2. The monoisotopic (exact) mass is 276 g/mol. The SMILES string of the molecule is Cc1nn(CCCCC(C)(C)C#N)c(C)c1CC(C)N. The summed E-state index contributed by atoms with van der Waals surface area (Å²) in [5.74, 6) is 0. The highest BCUT2D eigenvalue weighted by molar-refractivity contribution is 5.25. The Bertz CT molecular complexity index is 477. The summed E-state index contributed by atoms with van der Waals surface area (Å²) in [7, 11) is 0. The quantitative estimate of drug-likeness (QED) is 0.778. The second-order valence-corrected chi connectivity index (χ2v) is 6.51. The van der Waals surface area contributed by atoms with Crippen LogP contribution in [0.1, 0.15) is 57.0 Å². The van der Waals surface area contributed by atoms with Gasteiger partial charge in [0.15, 0.2) is 0 Å². The zero-order valence-electron chi connectivity index (χ0n) is 13.5. The molecule has 0 amide bonds. The fourth-order valence-electron chi connectivity index (χ4n) is 2.45. The van der Waals surface area contributed by atoms with Gasteiger partial charge in [0.25, 0.3) is 0 Å². The Morgan fingerprint density at radius 3 is 2.55 bits per heavy atom. The van der Waals surface area contributed by atoms with Crippen LogP contribution in [0.5, 0.6) is 0 Å². The smallest absolute Gasteiger partial charge is 0.0683 e. The molecule has 20 heavy (non-hydrogen) atoms. The van der Waals surface area contributed by atoms with E-state index in [2.05, 4.69) is 29.7 Å². The highest BCUT2D eigenvalue weighted by Crippen LogP contribution is 2.22. The Labute approximate surface area is 123 Å². The van der Waals surface area contributed by atoms with Crippen LogP contribution in [0.3, 0.4) is 0 Å². The number of nitrogens with zero attached hydrogens (tertiary/aromatic N) is 3. The van der Waals surface area contributed by atoms with Crippen molar-refractivity contribution < 1.29 is 0 Å². The van der Waals surface area contributed by atoms with Crippen LogP contribution in [0.25, 0.3) is 0 Å². The third kappa shape index (κ3) is 4.64. The molecular formula is C16H28N4. The third-order valence-electron chi connectivity index (χ3n) is 3.78. The molecule has 1 aromatic rings. The van der Waals surface area contributed by atoms with Gasteiger partial charge in [-0.2, -0.15) is 10.4 Å². The lowest BCUT2D eigenvalue weighted by Gasteiger charge is -2.14. The first-order chi connectivity index (χ1) is 9.26. The third-order valence-corrected chi connectivity index (χ3v) is 3.78. The van der Waals surface area contributed by atoms with E-state index in [1.165, 1.54) is 11.3 Å². The molecule has 0 aliphatic carbocycles. The molecular weight excluding hydrogens is 248 g/mol. The molecule has 112 valence electrons. The van der Waals surface area contributed by atoms with Crippen LogP contribution in [-0.4, -0.2) is 15.8 Å².